The molecule has 0 fully saturated rings. The van der Waals surface area contributed by atoms with E-state index >= 15 is 0 Å². The summed E-state index contributed by atoms with van der Waals surface area (Å²) in [7, 11) is 0. The zero-order chi connectivity index (χ0) is 16.0. The van der Waals surface area contributed by atoms with E-state index in [0.29, 0.717) is 31.2 Å². The molecular weight excluding hydrogens is 267 g/mol. The summed E-state index contributed by atoms with van der Waals surface area (Å²) in [6.07, 6.45) is 0. The van der Waals surface area contributed by atoms with E-state index in [4.69, 9.17) is 0 Å². The lowest BCUT2D eigenvalue weighted by molar-refractivity contribution is 0.0874. The zero-order valence-corrected chi connectivity index (χ0v) is 13.9. The lowest BCUT2D eigenvalue weighted by Gasteiger charge is -2.30. The van der Waals surface area contributed by atoms with E-state index in [1.54, 1.807) is 26.0 Å². The summed E-state index contributed by atoms with van der Waals surface area (Å²) < 4.78 is 14.3. The minimum atomic E-state index is -0.847. The van der Waals surface area contributed by atoms with Crippen molar-refractivity contribution in [2.24, 2.45) is 5.92 Å². The van der Waals surface area contributed by atoms with Gasteiger partial charge < -0.3 is 15.3 Å². The van der Waals surface area contributed by atoms with Crippen molar-refractivity contribution in [3.05, 3.63) is 29.6 Å². The van der Waals surface area contributed by atoms with Crippen molar-refractivity contribution in [2.75, 3.05) is 24.5 Å². The molecule has 0 saturated carbocycles. The standard InChI is InChI=1S/C17H29FN2O/c1-6-20(12-17(4,5)21)16-8-7-14(9-15(16)18)11-19-10-13(2)3/h7-9,13,19,21H,6,10-12H2,1-5H3. The predicted octanol–water partition coefficient (Wildman–Crippen LogP) is 3.17. The molecule has 0 aliphatic heterocycles. The molecule has 3 nitrogen and oxygen atoms in total. The highest BCUT2D eigenvalue weighted by Crippen LogP contribution is 2.22. The van der Waals surface area contributed by atoms with Crippen LogP contribution in [0.1, 0.15) is 40.2 Å². The Morgan fingerprint density at radius 3 is 2.48 bits per heavy atom. The highest BCUT2D eigenvalue weighted by Gasteiger charge is 2.19. The first-order valence-electron chi connectivity index (χ1n) is 7.69. The summed E-state index contributed by atoms with van der Waals surface area (Å²) in [5, 5.41) is 13.2. The number of aliphatic hydroxyl groups is 1. The van der Waals surface area contributed by atoms with Gasteiger partial charge in [-0.1, -0.05) is 19.9 Å². The molecule has 0 saturated heterocycles. The average molecular weight is 296 g/mol. The topological polar surface area (TPSA) is 35.5 Å². The molecule has 21 heavy (non-hydrogen) atoms. The SMILES string of the molecule is CCN(CC(C)(C)O)c1ccc(CNCC(C)C)cc1F. The van der Waals surface area contributed by atoms with Crippen molar-refractivity contribution in [3.8, 4) is 0 Å². The van der Waals surface area contributed by atoms with Gasteiger partial charge in [0, 0.05) is 19.6 Å². The van der Waals surface area contributed by atoms with Crippen LogP contribution in [0.3, 0.4) is 0 Å². The molecule has 1 aromatic carbocycles. The monoisotopic (exact) mass is 296 g/mol. The first kappa shape index (κ1) is 17.9. The van der Waals surface area contributed by atoms with E-state index in [2.05, 4.69) is 19.2 Å². The largest absolute Gasteiger partial charge is 0.389 e. The Hall–Kier alpha value is -1.13. The maximum absolute atomic E-state index is 14.3. The van der Waals surface area contributed by atoms with Gasteiger partial charge in [0.15, 0.2) is 0 Å². The summed E-state index contributed by atoms with van der Waals surface area (Å²) >= 11 is 0. The second kappa shape index (κ2) is 7.76. The Bertz CT molecular complexity index is 441. The number of anilines is 1. The Morgan fingerprint density at radius 1 is 1.33 bits per heavy atom. The molecule has 0 amide bonds. The number of hydrogen-bond donors (Lipinski definition) is 2. The Kier molecular flexibility index (Phi) is 6.62. The highest BCUT2D eigenvalue weighted by molar-refractivity contribution is 5.49. The van der Waals surface area contributed by atoms with Crippen molar-refractivity contribution >= 4 is 5.69 Å². The van der Waals surface area contributed by atoms with Crippen LogP contribution >= 0.6 is 0 Å². The fourth-order valence-electron chi connectivity index (χ4n) is 2.26. The van der Waals surface area contributed by atoms with E-state index in [1.807, 2.05) is 17.9 Å². The number of nitrogens with one attached hydrogen (secondary N) is 1. The van der Waals surface area contributed by atoms with E-state index < -0.39 is 5.60 Å². The second-order valence-electron chi connectivity index (χ2n) is 6.64. The van der Waals surface area contributed by atoms with Gasteiger partial charge in [0.2, 0.25) is 0 Å². The fraction of sp³-hybridized carbons (Fsp3) is 0.647. The first-order valence-corrected chi connectivity index (χ1v) is 7.69. The van der Waals surface area contributed by atoms with E-state index in [0.717, 1.165) is 12.1 Å². The fourth-order valence-corrected chi connectivity index (χ4v) is 2.26. The molecule has 4 heteroatoms. The quantitative estimate of drug-likeness (QED) is 0.773. The van der Waals surface area contributed by atoms with Crippen LogP contribution in [0.4, 0.5) is 10.1 Å². The highest BCUT2D eigenvalue weighted by atomic mass is 19.1. The van der Waals surface area contributed by atoms with Crippen LogP contribution in [0, 0.1) is 11.7 Å². The van der Waals surface area contributed by atoms with Crippen LogP contribution < -0.4 is 10.2 Å². The second-order valence-corrected chi connectivity index (χ2v) is 6.64. The van der Waals surface area contributed by atoms with Gasteiger partial charge in [-0.25, -0.2) is 4.39 Å². The average Bonchev–Trinajstić information content (AvgIpc) is 2.35. The maximum atomic E-state index is 14.3. The minimum absolute atomic E-state index is 0.232. The number of halogens is 1. The molecule has 0 aliphatic rings. The van der Waals surface area contributed by atoms with Crippen LogP contribution in [0.5, 0.6) is 0 Å². The van der Waals surface area contributed by atoms with Crippen molar-refractivity contribution in [3.63, 3.8) is 0 Å². The van der Waals surface area contributed by atoms with E-state index in [9.17, 15) is 9.50 Å². The summed E-state index contributed by atoms with van der Waals surface area (Å²) in [6.45, 7) is 12.4. The van der Waals surface area contributed by atoms with Gasteiger partial charge in [-0.15, -0.1) is 0 Å². The molecular formula is C17H29FN2O. The van der Waals surface area contributed by atoms with Crippen molar-refractivity contribution in [1.29, 1.82) is 0 Å². The summed E-state index contributed by atoms with van der Waals surface area (Å²) in [5.74, 6) is 0.349. The Labute approximate surface area is 128 Å². The third-order valence-electron chi connectivity index (χ3n) is 3.19. The first-order chi connectivity index (χ1) is 9.73. The van der Waals surface area contributed by atoms with Crippen molar-refractivity contribution in [1.82, 2.24) is 5.32 Å². The van der Waals surface area contributed by atoms with Gasteiger partial charge in [0.05, 0.1) is 11.3 Å². The predicted molar refractivity (Wildman–Crippen MR) is 87.1 cm³/mol. The lowest BCUT2D eigenvalue weighted by Crippen LogP contribution is -2.39. The normalized spacial score (nSPS) is 12.0. The van der Waals surface area contributed by atoms with E-state index in [-0.39, 0.29) is 5.82 Å². The van der Waals surface area contributed by atoms with Gasteiger partial charge in [0.25, 0.3) is 0 Å². The summed E-state index contributed by atoms with van der Waals surface area (Å²) in [4.78, 5) is 1.86. The molecule has 0 aliphatic carbocycles. The molecule has 120 valence electrons. The van der Waals surface area contributed by atoms with Gasteiger partial charge >= 0.3 is 0 Å². The van der Waals surface area contributed by atoms with E-state index in [1.165, 1.54) is 0 Å². The Morgan fingerprint density at radius 2 is 2.00 bits per heavy atom. The summed E-state index contributed by atoms with van der Waals surface area (Å²) in [5.41, 5.74) is 0.642. The molecule has 0 bridgehead atoms. The number of hydrogen-bond acceptors (Lipinski definition) is 3. The molecule has 0 radical (unpaired) electrons. The molecule has 1 rings (SSSR count). The van der Waals surface area contributed by atoms with Crippen LogP contribution in [0.2, 0.25) is 0 Å². The van der Waals surface area contributed by atoms with Crippen LogP contribution in [0.15, 0.2) is 18.2 Å². The van der Waals surface area contributed by atoms with Crippen LogP contribution in [0.25, 0.3) is 0 Å². The third-order valence-corrected chi connectivity index (χ3v) is 3.19. The number of likely N-dealkylation sites (N-methyl/N-ethyl adjacent to an activating group) is 1. The molecule has 0 spiro atoms. The molecule has 2 N–H and O–H groups in total. The molecule has 1 aromatic rings. The number of rotatable bonds is 8. The van der Waals surface area contributed by atoms with Gasteiger partial charge in [0.1, 0.15) is 5.82 Å². The minimum Gasteiger partial charge on any atom is -0.389 e. The van der Waals surface area contributed by atoms with Crippen LogP contribution in [-0.4, -0.2) is 30.3 Å². The van der Waals surface area contributed by atoms with Gasteiger partial charge in [-0.05, 0) is 50.9 Å². The third kappa shape index (κ3) is 6.44. The van der Waals surface area contributed by atoms with Gasteiger partial charge in [-0.2, -0.15) is 0 Å². The maximum Gasteiger partial charge on any atom is 0.146 e. The van der Waals surface area contributed by atoms with Crippen LogP contribution in [-0.2, 0) is 6.54 Å². The smallest absolute Gasteiger partial charge is 0.146 e. The lowest BCUT2D eigenvalue weighted by atomic mass is 10.1. The van der Waals surface area contributed by atoms with Gasteiger partial charge in [-0.3, -0.25) is 0 Å². The van der Waals surface area contributed by atoms with Crippen molar-refractivity contribution in [2.45, 2.75) is 46.8 Å². The summed E-state index contributed by atoms with van der Waals surface area (Å²) in [6, 6.07) is 5.32. The molecule has 0 heterocycles. The number of nitrogens with zero attached hydrogens (tertiary/aromatic N) is 1. The molecule has 0 unspecified atom stereocenters. The van der Waals surface area contributed by atoms with Crippen molar-refractivity contribution < 1.29 is 9.50 Å². The molecule has 0 aromatic heterocycles. The zero-order valence-electron chi connectivity index (χ0n) is 13.9. The Balaban J connectivity index is 2.76. The molecule has 0 atom stereocenters. The number of benzene rings is 1.